The van der Waals surface area contributed by atoms with Gasteiger partial charge in [0.2, 0.25) is 10.0 Å². The molecule has 0 saturated carbocycles. The van der Waals surface area contributed by atoms with Crippen molar-refractivity contribution in [3.63, 3.8) is 0 Å². The summed E-state index contributed by atoms with van der Waals surface area (Å²) in [5.41, 5.74) is 1.01. The van der Waals surface area contributed by atoms with Crippen molar-refractivity contribution in [3.8, 4) is 0 Å². The van der Waals surface area contributed by atoms with Gasteiger partial charge in [-0.3, -0.25) is 0 Å². The second kappa shape index (κ2) is 9.18. The van der Waals surface area contributed by atoms with Crippen LogP contribution >= 0.6 is 0 Å². The van der Waals surface area contributed by atoms with Crippen molar-refractivity contribution >= 4 is 10.0 Å². The van der Waals surface area contributed by atoms with Crippen molar-refractivity contribution in [2.24, 2.45) is 0 Å². The molecule has 0 aromatic heterocycles. The summed E-state index contributed by atoms with van der Waals surface area (Å²) in [6.07, 6.45) is 2.73. The highest BCUT2D eigenvalue weighted by atomic mass is 32.2. The van der Waals surface area contributed by atoms with E-state index in [0.717, 1.165) is 31.4 Å². The van der Waals surface area contributed by atoms with Crippen LogP contribution in [0, 0.1) is 0 Å². The third-order valence-corrected chi connectivity index (χ3v) is 5.13. The first-order valence-electron chi connectivity index (χ1n) is 7.86. The Labute approximate surface area is 129 Å². The number of benzene rings is 1. The van der Waals surface area contributed by atoms with Crippen LogP contribution in [0.2, 0.25) is 0 Å². The minimum Gasteiger partial charge on any atom is -0.313 e. The Bertz CT molecular complexity index is 509. The molecule has 0 aliphatic rings. The van der Waals surface area contributed by atoms with Crippen LogP contribution in [0.5, 0.6) is 0 Å². The molecule has 0 heterocycles. The zero-order valence-corrected chi connectivity index (χ0v) is 14.2. The predicted octanol–water partition coefficient (Wildman–Crippen LogP) is 3.00. The second-order valence-corrected chi connectivity index (χ2v) is 7.17. The van der Waals surface area contributed by atoms with Crippen LogP contribution < -0.4 is 5.32 Å². The Morgan fingerprint density at radius 2 is 1.71 bits per heavy atom. The average molecular weight is 312 g/mol. The fourth-order valence-electron chi connectivity index (χ4n) is 2.23. The van der Waals surface area contributed by atoms with E-state index in [4.69, 9.17) is 0 Å². The topological polar surface area (TPSA) is 49.4 Å². The minimum atomic E-state index is -3.37. The third kappa shape index (κ3) is 5.41. The first-order chi connectivity index (χ1) is 10.1. The fraction of sp³-hybridized carbons (Fsp3) is 0.625. The Morgan fingerprint density at radius 3 is 2.29 bits per heavy atom. The highest BCUT2D eigenvalue weighted by Gasteiger charge is 2.22. The van der Waals surface area contributed by atoms with E-state index in [1.165, 1.54) is 0 Å². The molecule has 21 heavy (non-hydrogen) atoms. The zero-order chi connectivity index (χ0) is 15.7. The van der Waals surface area contributed by atoms with Crippen molar-refractivity contribution < 1.29 is 8.42 Å². The summed E-state index contributed by atoms with van der Waals surface area (Å²) in [5, 5.41) is 3.30. The van der Waals surface area contributed by atoms with Crippen LogP contribution in [0.25, 0.3) is 0 Å². The van der Waals surface area contributed by atoms with E-state index in [9.17, 15) is 8.42 Å². The SMILES string of the molecule is CCCNCc1cccc(S(=O)(=O)N(CCC)CCC)c1. The van der Waals surface area contributed by atoms with E-state index in [2.05, 4.69) is 12.2 Å². The van der Waals surface area contributed by atoms with Gasteiger partial charge in [-0.1, -0.05) is 32.9 Å². The summed E-state index contributed by atoms with van der Waals surface area (Å²) in [5.74, 6) is 0. The maximum Gasteiger partial charge on any atom is 0.243 e. The molecular formula is C16H28N2O2S. The van der Waals surface area contributed by atoms with Crippen LogP contribution in [-0.2, 0) is 16.6 Å². The first kappa shape index (κ1) is 18.1. The second-order valence-electron chi connectivity index (χ2n) is 5.23. The monoisotopic (exact) mass is 312 g/mol. The molecule has 0 atom stereocenters. The number of nitrogens with zero attached hydrogens (tertiary/aromatic N) is 1. The first-order valence-corrected chi connectivity index (χ1v) is 9.30. The van der Waals surface area contributed by atoms with Crippen LogP contribution in [0.4, 0.5) is 0 Å². The highest BCUT2D eigenvalue weighted by Crippen LogP contribution is 2.18. The van der Waals surface area contributed by atoms with Gasteiger partial charge in [-0.05, 0) is 43.5 Å². The van der Waals surface area contributed by atoms with E-state index in [0.29, 0.717) is 24.5 Å². The van der Waals surface area contributed by atoms with E-state index in [-0.39, 0.29) is 0 Å². The quantitative estimate of drug-likeness (QED) is 0.676. The predicted molar refractivity (Wildman–Crippen MR) is 87.8 cm³/mol. The molecule has 0 fully saturated rings. The number of nitrogens with one attached hydrogen (secondary N) is 1. The van der Waals surface area contributed by atoms with Gasteiger partial charge >= 0.3 is 0 Å². The Morgan fingerprint density at radius 1 is 1.05 bits per heavy atom. The molecule has 0 saturated heterocycles. The lowest BCUT2D eigenvalue weighted by Gasteiger charge is -2.21. The molecule has 4 nitrogen and oxygen atoms in total. The molecule has 0 aliphatic carbocycles. The van der Waals surface area contributed by atoms with Crippen molar-refractivity contribution in [2.75, 3.05) is 19.6 Å². The molecule has 0 radical (unpaired) electrons. The van der Waals surface area contributed by atoms with Crippen LogP contribution in [0.15, 0.2) is 29.2 Å². The molecule has 0 unspecified atom stereocenters. The Balaban J connectivity index is 2.93. The van der Waals surface area contributed by atoms with Gasteiger partial charge in [-0.2, -0.15) is 4.31 Å². The van der Waals surface area contributed by atoms with Gasteiger partial charge in [-0.15, -0.1) is 0 Å². The summed E-state index contributed by atoms with van der Waals surface area (Å²) >= 11 is 0. The lowest BCUT2D eigenvalue weighted by Crippen LogP contribution is -2.32. The molecular weight excluding hydrogens is 284 g/mol. The fourth-order valence-corrected chi connectivity index (χ4v) is 3.92. The summed E-state index contributed by atoms with van der Waals surface area (Å²) < 4.78 is 27.0. The number of hydrogen-bond donors (Lipinski definition) is 1. The summed E-state index contributed by atoms with van der Waals surface area (Å²) in [6, 6.07) is 7.27. The van der Waals surface area contributed by atoms with Gasteiger partial charge in [0.1, 0.15) is 0 Å². The molecule has 0 spiro atoms. The van der Waals surface area contributed by atoms with Crippen LogP contribution in [-0.4, -0.2) is 32.4 Å². The van der Waals surface area contributed by atoms with Gasteiger partial charge < -0.3 is 5.32 Å². The molecule has 120 valence electrons. The third-order valence-electron chi connectivity index (χ3n) is 3.24. The number of hydrogen-bond acceptors (Lipinski definition) is 3. The molecule has 0 amide bonds. The zero-order valence-electron chi connectivity index (χ0n) is 13.4. The smallest absolute Gasteiger partial charge is 0.243 e. The average Bonchev–Trinajstić information content (AvgIpc) is 2.47. The molecule has 5 heteroatoms. The van der Waals surface area contributed by atoms with Gasteiger partial charge in [-0.25, -0.2) is 8.42 Å². The highest BCUT2D eigenvalue weighted by molar-refractivity contribution is 7.89. The van der Waals surface area contributed by atoms with Crippen LogP contribution in [0.1, 0.15) is 45.6 Å². The minimum absolute atomic E-state index is 0.403. The van der Waals surface area contributed by atoms with Crippen molar-refractivity contribution in [1.29, 1.82) is 0 Å². The standard InChI is InChI=1S/C16H28N2O2S/c1-4-10-17-14-15-8-7-9-16(13-15)21(19,20)18(11-5-2)12-6-3/h7-9,13,17H,4-6,10-12,14H2,1-3H3. The van der Waals surface area contributed by atoms with Crippen molar-refractivity contribution in [3.05, 3.63) is 29.8 Å². The van der Waals surface area contributed by atoms with E-state index in [1.54, 1.807) is 16.4 Å². The van der Waals surface area contributed by atoms with E-state index in [1.807, 2.05) is 26.0 Å². The van der Waals surface area contributed by atoms with Gasteiger partial charge in [0.15, 0.2) is 0 Å². The normalized spacial score (nSPS) is 12.0. The Kier molecular flexibility index (Phi) is 7.93. The lowest BCUT2D eigenvalue weighted by atomic mass is 10.2. The molecule has 1 N–H and O–H groups in total. The van der Waals surface area contributed by atoms with E-state index < -0.39 is 10.0 Å². The largest absolute Gasteiger partial charge is 0.313 e. The van der Waals surface area contributed by atoms with Crippen molar-refractivity contribution in [1.82, 2.24) is 9.62 Å². The van der Waals surface area contributed by atoms with Crippen LogP contribution in [0.3, 0.4) is 0 Å². The van der Waals surface area contributed by atoms with Gasteiger partial charge in [0, 0.05) is 19.6 Å². The Hall–Kier alpha value is -0.910. The molecule has 1 aromatic carbocycles. The van der Waals surface area contributed by atoms with Crippen molar-refractivity contribution in [2.45, 2.75) is 51.5 Å². The summed E-state index contributed by atoms with van der Waals surface area (Å²) in [7, 11) is -3.37. The summed E-state index contributed by atoms with van der Waals surface area (Å²) in [6.45, 7) is 8.92. The van der Waals surface area contributed by atoms with E-state index >= 15 is 0 Å². The lowest BCUT2D eigenvalue weighted by molar-refractivity contribution is 0.410. The molecule has 1 aromatic rings. The molecule has 1 rings (SSSR count). The molecule has 0 aliphatic heterocycles. The number of rotatable bonds is 10. The van der Waals surface area contributed by atoms with Gasteiger partial charge in [0.25, 0.3) is 0 Å². The number of sulfonamides is 1. The maximum absolute atomic E-state index is 12.7. The van der Waals surface area contributed by atoms with Gasteiger partial charge in [0.05, 0.1) is 4.90 Å². The maximum atomic E-state index is 12.7. The molecule has 0 bridgehead atoms. The summed E-state index contributed by atoms with van der Waals surface area (Å²) in [4.78, 5) is 0.403.